The van der Waals surface area contributed by atoms with Crippen LogP contribution in [0.4, 0.5) is 0 Å². The number of hydrogen-bond donors (Lipinski definition) is 0. The number of rotatable bonds is 7. The predicted molar refractivity (Wildman–Crippen MR) is 82.7 cm³/mol. The Labute approximate surface area is 116 Å². The quantitative estimate of drug-likeness (QED) is 0.678. The van der Waals surface area contributed by atoms with Crippen LogP contribution >= 0.6 is 8.38 Å². The fourth-order valence-electron chi connectivity index (χ4n) is 2.18. The summed E-state index contributed by atoms with van der Waals surface area (Å²) < 4.78 is 11.3. The number of fused-ring (bicyclic) bond motifs is 1. The van der Waals surface area contributed by atoms with E-state index in [0.29, 0.717) is 0 Å². The van der Waals surface area contributed by atoms with Gasteiger partial charge in [-0.25, -0.2) is 0 Å². The van der Waals surface area contributed by atoms with Crippen LogP contribution in [0.1, 0.15) is 19.4 Å². The Morgan fingerprint density at radius 2 is 1.58 bits per heavy atom. The van der Waals surface area contributed by atoms with Crippen molar-refractivity contribution < 1.29 is 9.05 Å². The standard InChI is InChI=1S/C16H21O2P/c1-3-17-19(18-4-2)13-12-15-10-7-9-14-8-5-6-11-16(14)15/h5-11H,3-4,12-13H2,1-2H3. The number of benzene rings is 2. The average molecular weight is 276 g/mol. The van der Waals surface area contributed by atoms with Gasteiger partial charge in [-0.2, -0.15) is 0 Å². The van der Waals surface area contributed by atoms with Crippen molar-refractivity contribution in [2.45, 2.75) is 20.3 Å². The van der Waals surface area contributed by atoms with Gasteiger partial charge in [0.15, 0.2) is 8.38 Å². The van der Waals surface area contributed by atoms with Crippen molar-refractivity contribution >= 4 is 19.1 Å². The third-order valence-electron chi connectivity index (χ3n) is 2.99. The second-order valence-electron chi connectivity index (χ2n) is 4.28. The highest BCUT2D eigenvalue weighted by atomic mass is 31.2. The van der Waals surface area contributed by atoms with E-state index in [1.165, 1.54) is 16.3 Å². The fraction of sp³-hybridized carbons (Fsp3) is 0.375. The maximum atomic E-state index is 5.66. The van der Waals surface area contributed by atoms with Crippen LogP contribution in [0.3, 0.4) is 0 Å². The Bertz CT molecular complexity index is 502. The van der Waals surface area contributed by atoms with E-state index in [1.807, 2.05) is 13.8 Å². The summed E-state index contributed by atoms with van der Waals surface area (Å²) in [6.45, 7) is 5.49. The van der Waals surface area contributed by atoms with Crippen molar-refractivity contribution in [3.8, 4) is 0 Å². The molecule has 0 aromatic heterocycles. The molecule has 0 amide bonds. The summed E-state index contributed by atoms with van der Waals surface area (Å²) in [6, 6.07) is 15.0. The van der Waals surface area contributed by atoms with Crippen molar-refractivity contribution in [2.24, 2.45) is 0 Å². The van der Waals surface area contributed by atoms with Gasteiger partial charge in [-0.05, 0) is 36.6 Å². The molecule has 2 aromatic carbocycles. The van der Waals surface area contributed by atoms with E-state index < -0.39 is 8.38 Å². The summed E-state index contributed by atoms with van der Waals surface area (Å²) in [5, 5.41) is 2.64. The fourth-order valence-corrected chi connectivity index (χ4v) is 3.51. The molecule has 2 aromatic rings. The molecule has 0 saturated heterocycles. The first-order valence-corrected chi connectivity index (χ1v) is 8.21. The molecule has 0 N–H and O–H groups in total. The molecular weight excluding hydrogens is 255 g/mol. The van der Waals surface area contributed by atoms with Crippen LogP contribution in [0.5, 0.6) is 0 Å². The summed E-state index contributed by atoms with van der Waals surface area (Å²) in [5.74, 6) is 0. The van der Waals surface area contributed by atoms with Gasteiger partial charge in [-0.15, -0.1) is 0 Å². The maximum Gasteiger partial charge on any atom is 0.170 e. The van der Waals surface area contributed by atoms with E-state index in [1.54, 1.807) is 0 Å². The zero-order valence-electron chi connectivity index (χ0n) is 11.6. The maximum absolute atomic E-state index is 5.66. The van der Waals surface area contributed by atoms with E-state index in [2.05, 4.69) is 42.5 Å². The molecule has 0 heterocycles. The first kappa shape index (κ1) is 14.5. The summed E-state index contributed by atoms with van der Waals surface area (Å²) in [6.07, 6.45) is 1.97. The average Bonchev–Trinajstić information content (AvgIpc) is 2.45. The summed E-state index contributed by atoms with van der Waals surface area (Å²) in [7, 11) is -0.740. The zero-order valence-corrected chi connectivity index (χ0v) is 12.5. The Kier molecular flexibility index (Phi) is 5.78. The molecule has 0 radical (unpaired) electrons. The molecule has 0 spiro atoms. The third kappa shape index (κ3) is 4.01. The Morgan fingerprint density at radius 1 is 0.895 bits per heavy atom. The lowest BCUT2D eigenvalue weighted by Gasteiger charge is -2.16. The van der Waals surface area contributed by atoms with Gasteiger partial charge in [0.2, 0.25) is 0 Å². The van der Waals surface area contributed by atoms with Crippen LogP contribution < -0.4 is 0 Å². The van der Waals surface area contributed by atoms with Gasteiger partial charge in [-0.1, -0.05) is 42.5 Å². The molecule has 3 heteroatoms. The molecule has 2 nitrogen and oxygen atoms in total. The van der Waals surface area contributed by atoms with Crippen molar-refractivity contribution in [1.29, 1.82) is 0 Å². The van der Waals surface area contributed by atoms with E-state index >= 15 is 0 Å². The molecule has 0 fully saturated rings. The van der Waals surface area contributed by atoms with Crippen LogP contribution in [-0.4, -0.2) is 19.4 Å². The van der Waals surface area contributed by atoms with Crippen LogP contribution in [0, 0.1) is 0 Å². The predicted octanol–water partition coefficient (Wildman–Crippen LogP) is 4.77. The molecular formula is C16H21O2P. The van der Waals surface area contributed by atoms with Crippen molar-refractivity contribution in [3.05, 3.63) is 48.0 Å². The SMILES string of the molecule is CCOP(CCc1cccc2ccccc12)OCC. The molecule has 0 saturated carbocycles. The molecule has 0 bridgehead atoms. The smallest absolute Gasteiger partial charge is 0.170 e. The highest BCUT2D eigenvalue weighted by molar-refractivity contribution is 7.47. The highest BCUT2D eigenvalue weighted by Gasteiger charge is 2.10. The van der Waals surface area contributed by atoms with Gasteiger partial charge < -0.3 is 9.05 Å². The summed E-state index contributed by atoms with van der Waals surface area (Å²) >= 11 is 0. The van der Waals surface area contributed by atoms with Gasteiger partial charge in [0.25, 0.3) is 0 Å². The number of aryl methyl sites for hydroxylation is 1. The minimum absolute atomic E-state index is 0.723. The van der Waals surface area contributed by atoms with Crippen molar-refractivity contribution in [1.82, 2.24) is 0 Å². The van der Waals surface area contributed by atoms with Crippen molar-refractivity contribution in [2.75, 3.05) is 19.4 Å². The monoisotopic (exact) mass is 276 g/mol. The second-order valence-corrected chi connectivity index (χ2v) is 5.91. The van der Waals surface area contributed by atoms with Crippen LogP contribution in [0.25, 0.3) is 10.8 Å². The largest absolute Gasteiger partial charge is 0.334 e. The normalized spacial score (nSPS) is 11.3. The van der Waals surface area contributed by atoms with Gasteiger partial charge in [0, 0.05) is 6.16 Å². The molecule has 0 aliphatic heterocycles. The lowest BCUT2D eigenvalue weighted by molar-refractivity contribution is 0.269. The molecule has 0 aliphatic rings. The third-order valence-corrected chi connectivity index (χ3v) is 4.67. The minimum Gasteiger partial charge on any atom is -0.334 e. The van der Waals surface area contributed by atoms with E-state index in [4.69, 9.17) is 9.05 Å². The van der Waals surface area contributed by atoms with E-state index in [0.717, 1.165) is 25.8 Å². The zero-order chi connectivity index (χ0) is 13.5. The minimum atomic E-state index is -0.740. The van der Waals surface area contributed by atoms with Gasteiger partial charge in [-0.3, -0.25) is 0 Å². The van der Waals surface area contributed by atoms with Gasteiger partial charge >= 0.3 is 0 Å². The second kappa shape index (κ2) is 7.59. The van der Waals surface area contributed by atoms with Gasteiger partial charge in [0.1, 0.15) is 0 Å². The summed E-state index contributed by atoms with van der Waals surface area (Å²) in [4.78, 5) is 0. The molecule has 0 aliphatic carbocycles. The molecule has 0 atom stereocenters. The molecule has 0 unspecified atom stereocenters. The molecule has 102 valence electrons. The number of hydrogen-bond acceptors (Lipinski definition) is 2. The Morgan fingerprint density at radius 3 is 2.32 bits per heavy atom. The van der Waals surface area contributed by atoms with Gasteiger partial charge in [0.05, 0.1) is 13.2 Å². The lowest BCUT2D eigenvalue weighted by Crippen LogP contribution is -1.98. The topological polar surface area (TPSA) is 18.5 Å². The summed E-state index contributed by atoms with van der Waals surface area (Å²) in [5.41, 5.74) is 1.38. The Hall–Kier alpha value is -0.950. The Balaban J connectivity index is 2.08. The van der Waals surface area contributed by atoms with Crippen LogP contribution in [-0.2, 0) is 15.5 Å². The first-order valence-electron chi connectivity index (χ1n) is 6.85. The van der Waals surface area contributed by atoms with E-state index in [-0.39, 0.29) is 0 Å². The van der Waals surface area contributed by atoms with Crippen LogP contribution in [0.15, 0.2) is 42.5 Å². The lowest BCUT2D eigenvalue weighted by atomic mass is 10.0. The first-order chi connectivity index (χ1) is 9.35. The highest BCUT2D eigenvalue weighted by Crippen LogP contribution is 2.38. The van der Waals surface area contributed by atoms with Crippen molar-refractivity contribution in [3.63, 3.8) is 0 Å². The molecule has 2 rings (SSSR count). The molecule has 19 heavy (non-hydrogen) atoms. The van der Waals surface area contributed by atoms with Crippen LogP contribution in [0.2, 0.25) is 0 Å². The van der Waals surface area contributed by atoms with E-state index in [9.17, 15) is 0 Å².